The monoisotopic (exact) mass is 233 g/mol. The van der Waals surface area contributed by atoms with Gasteiger partial charge in [-0.2, -0.15) is 0 Å². The summed E-state index contributed by atoms with van der Waals surface area (Å²) in [6, 6.07) is 4.10. The smallest absolute Gasteiger partial charge is 0.0674 e. The van der Waals surface area contributed by atoms with Gasteiger partial charge in [-0.15, -0.1) is 0 Å². The van der Waals surface area contributed by atoms with Gasteiger partial charge in [0.2, 0.25) is 0 Å². The third kappa shape index (κ3) is 3.05. The van der Waals surface area contributed by atoms with Crippen molar-refractivity contribution in [2.75, 3.05) is 31.7 Å². The maximum atomic E-state index is 5.60. The predicted octanol–water partition coefficient (Wildman–Crippen LogP) is 1.32. The molecule has 0 aliphatic carbocycles. The van der Waals surface area contributed by atoms with E-state index in [0.29, 0.717) is 6.54 Å². The Labute approximate surface area is 102 Å². The van der Waals surface area contributed by atoms with Crippen molar-refractivity contribution in [3.63, 3.8) is 0 Å². The Hall–Kier alpha value is -1.39. The topological polar surface area (TPSA) is 51.4 Å². The molecule has 17 heavy (non-hydrogen) atoms. The van der Waals surface area contributed by atoms with Gasteiger partial charge < -0.3 is 15.4 Å². The summed E-state index contributed by atoms with van der Waals surface area (Å²) in [6.45, 7) is 3.21. The Kier molecular flexibility index (Phi) is 4.12. The molecule has 4 heteroatoms. The van der Waals surface area contributed by atoms with E-state index in [1.807, 2.05) is 12.3 Å². The van der Waals surface area contributed by atoms with Crippen LogP contribution in [0, 0.1) is 0 Å². The van der Waals surface area contributed by atoms with Crippen LogP contribution in [-0.2, 0) is 11.3 Å². The molecule has 1 aliphatic rings. The van der Waals surface area contributed by atoms with Crippen LogP contribution in [0.25, 0.3) is 0 Å². The zero-order chi connectivity index (χ0) is 12.1. The number of methoxy groups -OCH3 is 1. The number of nitrogens with zero attached hydrogens (tertiary/aromatic N) is 2. The van der Waals surface area contributed by atoms with Crippen LogP contribution in [0.1, 0.15) is 12.1 Å². The summed E-state index contributed by atoms with van der Waals surface area (Å²) >= 11 is 0. The Morgan fingerprint density at radius 1 is 1.53 bits per heavy atom. The molecule has 0 fully saturated rings. The SMILES string of the molecule is COCC1=CCN(c2ccnc(CN)c2)CC1. The van der Waals surface area contributed by atoms with Crippen molar-refractivity contribution in [3.8, 4) is 0 Å². The maximum absolute atomic E-state index is 5.60. The number of hydrogen-bond donors (Lipinski definition) is 1. The lowest BCUT2D eigenvalue weighted by atomic mass is 10.1. The minimum absolute atomic E-state index is 0.493. The second-order valence-electron chi connectivity index (χ2n) is 4.20. The fraction of sp³-hybridized carbons (Fsp3) is 0.462. The lowest BCUT2D eigenvalue weighted by Crippen LogP contribution is -2.29. The highest BCUT2D eigenvalue weighted by Gasteiger charge is 2.12. The van der Waals surface area contributed by atoms with Gasteiger partial charge in [0, 0.05) is 38.6 Å². The summed E-state index contributed by atoms with van der Waals surface area (Å²) in [6.07, 6.45) is 5.13. The largest absolute Gasteiger partial charge is 0.380 e. The van der Waals surface area contributed by atoms with Crippen molar-refractivity contribution in [1.82, 2.24) is 4.98 Å². The molecule has 0 saturated heterocycles. The van der Waals surface area contributed by atoms with E-state index in [9.17, 15) is 0 Å². The molecule has 0 saturated carbocycles. The zero-order valence-corrected chi connectivity index (χ0v) is 10.2. The fourth-order valence-corrected chi connectivity index (χ4v) is 2.04. The molecule has 0 aromatic carbocycles. The molecule has 0 bridgehead atoms. The molecule has 0 unspecified atom stereocenters. The first-order valence-corrected chi connectivity index (χ1v) is 5.90. The molecule has 2 rings (SSSR count). The molecular weight excluding hydrogens is 214 g/mol. The van der Waals surface area contributed by atoms with Crippen molar-refractivity contribution in [2.24, 2.45) is 5.73 Å². The van der Waals surface area contributed by atoms with Crippen molar-refractivity contribution in [1.29, 1.82) is 0 Å². The van der Waals surface area contributed by atoms with Crippen LogP contribution in [0.4, 0.5) is 5.69 Å². The summed E-state index contributed by atoms with van der Waals surface area (Å²) < 4.78 is 5.15. The Morgan fingerprint density at radius 2 is 2.41 bits per heavy atom. The first-order chi connectivity index (χ1) is 8.33. The van der Waals surface area contributed by atoms with Crippen LogP contribution in [0.15, 0.2) is 30.0 Å². The Balaban J connectivity index is 2.04. The number of pyridine rings is 1. The number of hydrogen-bond acceptors (Lipinski definition) is 4. The third-order valence-electron chi connectivity index (χ3n) is 3.01. The van der Waals surface area contributed by atoms with Crippen LogP contribution in [-0.4, -0.2) is 31.8 Å². The quantitative estimate of drug-likeness (QED) is 0.797. The number of nitrogens with two attached hydrogens (primary N) is 1. The minimum Gasteiger partial charge on any atom is -0.380 e. The van der Waals surface area contributed by atoms with Gasteiger partial charge in [0.1, 0.15) is 0 Å². The molecule has 0 atom stereocenters. The highest BCUT2D eigenvalue weighted by atomic mass is 16.5. The molecule has 2 heterocycles. The highest BCUT2D eigenvalue weighted by molar-refractivity contribution is 5.48. The average molecular weight is 233 g/mol. The summed E-state index contributed by atoms with van der Waals surface area (Å²) in [7, 11) is 1.74. The maximum Gasteiger partial charge on any atom is 0.0674 e. The molecule has 4 nitrogen and oxygen atoms in total. The highest BCUT2D eigenvalue weighted by Crippen LogP contribution is 2.19. The second kappa shape index (κ2) is 5.80. The molecular formula is C13H19N3O. The van der Waals surface area contributed by atoms with Crippen LogP contribution >= 0.6 is 0 Å². The van der Waals surface area contributed by atoms with Gasteiger partial charge in [0.15, 0.2) is 0 Å². The Morgan fingerprint density at radius 3 is 3.06 bits per heavy atom. The predicted molar refractivity (Wildman–Crippen MR) is 68.9 cm³/mol. The first kappa shape index (κ1) is 12.1. The number of ether oxygens (including phenoxy) is 1. The number of rotatable bonds is 4. The van der Waals surface area contributed by atoms with Crippen molar-refractivity contribution < 1.29 is 4.74 Å². The van der Waals surface area contributed by atoms with E-state index >= 15 is 0 Å². The van der Waals surface area contributed by atoms with Gasteiger partial charge in [-0.1, -0.05) is 6.08 Å². The van der Waals surface area contributed by atoms with E-state index < -0.39 is 0 Å². The van der Waals surface area contributed by atoms with Crippen LogP contribution < -0.4 is 10.6 Å². The van der Waals surface area contributed by atoms with Crippen LogP contribution in [0.2, 0.25) is 0 Å². The van der Waals surface area contributed by atoms with E-state index in [4.69, 9.17) is 10.5 Å². The number of aromatic nitrogens is 1. The van der Waals surface area contributed by atoms with Crippen LogP contribution in [0.5, 0.6) is 0 Å². The lowest BCUT2D eigenvalue weighted by Gasteiger charge is -2.28. The van der Waals surface area contributed by atoms with Gasteiger partial charge in [-0.3, -0.25) is 4.98 Å². The summed E-state index contributed by atoms with van der Waals surface area (Å²) in [4.78, 5) is 6.54. The van der Waals surface area contributed by atoms with Gasteiger partial charge in [-0.05, 0) is 24.1 Å². The van der Waals surface area contributed by atoms with Gasteiger partial charge in [0.25, 0.3) is 0 Å². The van der Waals surface area contributed by atoms with E-state index in [1.54, 1.807) is 7.11 Å². The fourth-order valence-electron chi connectivity index (χ4n) is 2.04. The molecule has 1 aliphatic heterocycles. The number of anilines is 1. The van der Waals surface area contributed by atoms with E-state index in [-0.39, 0.29) is 0 Å². The molecule has 2 N–H and O–H groups in total. The molecule has 1 aromatic rings. The summed E-state index contributed by atoms with van der Waals surface area (Å²) in [5, 5.41) is 0. The normalized spacial score (nSPS) is 15.9. The van der Waals surface area contributed by atoms with Crippen LogP contribution in [0.3, 0.4) is 0 Å². The zero-order valence-electron chi connectivity index (χ0n) is 10.2. The summed E-state index contributed by atoms with van der Waals surface area (Å²) in [5.74, 6) is 0. The first-order valence-electron chi connectivity index (χ1n) is 5.90. The van der Waals surface area contributed by atoms with Crippen molar-refractivity contribution in [3.05, 3.63) is 35.7 Å². The van der Waals surface area contributed by atoms with Gasteiger partial charge in [0.05, 0.1) is 12.3 Å². The van der Waals surface area contributed by atoms with E-state index in [2.05, 4.69) is 22.0 Å². The minimum atomic E-state index is 0.493. The summed E-state index contributed by atoms with van der Waals surface area (Å²) in [5.41, 5.74) is 9.13. The second-order valence-corrected chi connectivity index (χ2v) is 4.20. The molecule has 0 spiro atoms. The average Bonchev–Trinajstić information content (AvgIpc) is 2.40. The van der Waals surface area contributed by atoms with Gasteiger partial charge in [-0.25, -0.2) is 0 Å². The van der Waals surface area contributed by atoms with E-state index in [0.717, 1.165) is 31.8 Å². The molecule has 1 aromatic heterocycles. The molecule has 0 radical (unpaired) electrons. The van der Waals surface area contributed by atoms with E-state index in [1.165, 1.54) is 11.3 Å². The lowest BCUT2D eigenvalue weighted by molar-refractivity contribution is 0.222. The molecule has 0 amide bonds. The van der Waals surface area contributed by atoms with Gasteiger partial charge >= 0.3 is 0 Å². The molecule has 92 valence electrons. The van der Waals surface area contributed by atoms with Crippen molar-refractivity contribution in [2.45, 2.75) is 13.0 Å². The van der Waals surface area contributed by atoms with Crippen molar-refractivity contribution >= 4 is 5.69 Å². The Bertz CT molecular complexity index is 403. The standard InChI is InChI=1S/C13H19N3O/c1-17-10-11-3-6-16(7-4-11)13-2-5-15-12(8-13)9-14/h2-3,5,8H,4,6-7,9-10,14H2,1H3. The third-order valence-corrected chi connectivity index (χ3v) is 3.01.